The summed E-state index contributed by atoms with van der Waals surface area (Å²) in [5, 5.41) is 2.38. The Hall–Kier alpha value is -1.31. The fourth-order valence-corrected chi connectivity index (χ4v) is 4.19. The lowest BCUT2D eigenvalue weighted by Crippen LogP contribution is -2.13. The van der Waals surface area contributed by atoms with Crippen LogP contribution in [0.3, 0.4) is 0 Å². The van der Waals surface area contributed by atoms with Crippen molar-refractivity contribution in [2.75, 3.05) is 11.3 Å². The van der Waals surface area contributed by atoms with Crippen molar-refractivity contribution in [1.82, 2.24) is 4.98 Å². The normalized spacial score (nSPS) is 13.9. The highest BCUT2D eigenvalue weighted by atomic mass is 35.5. The number of thiazole rings is 1. The first kappa shape index (κ1) is 12.7. The molecule has 0 aliphatic carbocycles. The number of fused-ring (bicyclic) bond motifs is 1. The highest BCUT2D eigenvalue weighted by Crippen LogP contribution is 2.36. The number of benzene rings is 1. The summed E-state index contributed by atoms with van der Waals surface area (Å²) in [4.78, 5) is 3.96. The molecule has 0 unspecified atom stereocenters. The van der Waals surface area contributed by atoms with Crippen molar-refractivity contribution >= 4 is 38.1 Å². The van der Waals surface area contributed by atoms with Gasteiger partial charge in [0.25, 0.3) is 10.0 Å². The predicted molar refractivity (Wildman–Crippen MR) is 73.6 cm³/mol. The summed E-state index contributed by atoms with van der Waals surface area (Å²) in [6, 6.07) is 3.12. The number of rotatable bonds is 3. The third-order valence-corrected chi connectivity index (χ3v) is 5.04. The molecular weight excluding hydrogens is 308 g/mol. The minimum atomic E-state index is -3.74. The van der Waals surface area contributed by atoms with E-state index in [9.17, 15) is 8.42 Å². The molecule has 3 rings (SSSR count). The molecule has 1 aliphatic rings. The second-order valence-electron chi connectivity index (χ2n) is 3.93. The first-order chi connectivity index (χ1) is 9.06. The molecule has 0 bridgehead atoms. The van der Waals surface area contributed by atoms with Gasteiger partial charge >= 0.3 is 0 Å². The molecule has 100 valence electrons. The molecule has 0 fully saturated rings. The van der Waals surface area contributed by atoms with Gasteiger partial charge in [0.15, 0.2) is 5.13 Å². The van der Waals surface area contributed by atoms with E-state index >= 15 is 0 Å². The van der Waals surface area contributed by atoms with E-state index in [0.29, 0.717) is 28.9 Å². The molecule has 0 saturated heterocycles. The molecule has 8 heteroatoms. The van der Waals surface area contributed by atoms with Gasteiger partial charge < -0.3 is 4.74 Å². The van der Waals surface area contributed by atoms with Crippen molar-refractivity contribution in [3.05, 3.63) is 34.3 Å². The van der Waals surface area contributed by atoms with E-state index in [1.807, 2.05) is 0 Å². The molecule has 0 atom stereocenters. The van der Waals surface area contributed by atoms with Crippen LogP contribution in [0.15, 0.2) is 28.6 Å². The minimum Gasteiger partial charge on any atom is -0.492 e. The summed E-state index contributed by atoms with van der Waals surface area (Å²) in [5.74, 6) is 0.383. The predicted octanol–water partition coefficient (Wildman–Crippen LogP) is 2.53. The Kier molecular flexibility index (Phi) is 3.12. The smallest absolute Gasteiger partial charge is 0.267 e. The molecule has 1 aromatic heterocycles. The van der Waals surface area contributed by atoms with Gasteiger partial charge in [-0.05, 0) is 12.1 Å². The Balaban J connectivity index is 2.06. The fraction of sp³-hybridized carbons (Fsp3) is 0.182. The summed E-state index contributed by atoms with van der Waals surface area (Å²) in [6.45, 7) is 0.468. The van der Waals surface area contributed by atoms with Crippen LogP contribution in [0, 0.1) is 0 Å². The van der Waals surface area contributed by atoms with Gasteiger partial charge in [-0.3, -0.25) is 4.72 Å². The number of halogens is 1. The van der Waals surface area contributed by atoms with E-state index in [-0.39, 0.29) is 4.90 Å². The van der Waals surface area contributed by atoms with Crippen molar-refractivity contribution < 1.29 is 13.2 Å². The topological polar surface area (TPSA) is 68.3 Å². The van der Waals surface area contributed by atoms with Gasteiger partial charge in [0.05, 0.1) is 6.61 Å². The van der Waals surface area contributed by atoms with Crippen LogP contribution >= 0.6 is 22.9 Å². The third kappa shape index (κ3) is 2.41. The first-order valence-corrected chi connectivity index (χ1v) is 8.18. The lowest BCUT2D eigenvalue weighted by molar-refractivity contribution is 0.348. The maximum Gasteiger partial charge on any atom is 0.267 e. The molecule has 0 radical (unpaired) electrons. The molecule has 1 aromatic carbocycles. The van der Waals surface area contributed by atoms with Crippen molar-refractivity contribution in [1.29, 1.82) is 0 Å². The van der Waals surface area contributed by atoms with Gasteiger partial charge in [-0.25, -0.2) is 13.4 Å². The third-order valence-electron chi connectivity index (χ3n) is 2.66. The van der Waals surface area contributed by atoms with Crippen LogP contribution in [-0.2, 0) is 16.4 Å². The Morgan fingerprint density at radius 1 is 1.42 bits per heavy atom. The minimum absolute atomic E-state index is 0.0581. The van der Waals surface area contributed by atoms with Gasteiger partial charge in [-0.1, -0.05) is 11.6 Å². The molecule has 0 saturated carbocycles. The Bertz CT molecular complexity index is 714. The number of hydrogen-bond acceptors (Lipinski definition) is 5. The van der Waals surface area contributed by atoms with Crippen LogP contribution in [0.4, 0.5) is 5.13 Å². The zero-order chi connectivity index (χ0) is 13.5. The van der Waals surface area contributed by atoms with Crippen LogP contribution < -0.4 is 9.46 Å². The average Bonchev–Trinajstić information content (AvgIpc) is 2.97. The van der Waals surface area contributed by atoms with Gasteiger partial charge in [-0.15, -0.1) is 11.3 Å². The molecule has 1 aliphatic heterocycles. The van der Waals surface area contributed by atoms with E-state index in [1.165, 1.54) is 23.6 Å². The van der Waals surface area contributed by atoms with Gasteiger partial charge in [0, 0.05) is 28.6 Å². The maximum absolute atomic E-state index is 12.3. The van der Waals surface area contributed by atoms with E-state index < -0.39 is 10.0 Å². The Morgan fingerprint density at radius 2 is 2.26 bits per heavy atom. The number of hydrogen-bond donors (Lipinski definition) is 1. The van der Waals surface area contributed by atoms with Crippen molar-refractivity contribution in [2.45, 2.75) is 11.3 Å². The van der Waals surface area contributed by atoms with Crippen LogP contribution in [0.5, 0.6) is 5.75 Å². The largest absolute Gasteiger partial charge is 0.492 e. The average molecular weight is 317 g/mol. The quantitative estimate of drug-likeness (QED) is 0.944. The van der Waals surface area contributed by atoms with Crippen LogP contribution in [0.1, 0.15) is 5.56 Å². The van der Waals surface area contributed by atoms with Crippen LogP contribution in [-0.4, -0.2) is 20.0 Å². The van der Waals surface area contributed by atoms with Crippen LogP contribution in [0.25, 0.3) is 0 Å². The van der Waals surface area contributed by atoms with Crippen molar-refractivity contribution in [3.63, 3.8) is 0 Å². The lowest BCUT2D eigenvalue weighted by atomic mass is 10.2. The van der Waals surface area contributed by atoms with Gasteiger partial charge in [-0.2, -0.15) is 0 Å². The van der Waals surface area contributed by atoms with Gasteiger partial charge in [0.1, 0.15) is 10.6 Å². The molecular formula is C11H9ClN2O3S2. The first-order valence-electron chi connectivity index (χ1n) is 5.44. The summed E-state index contributed by atoms with van der Waals surface area (Å²) >= 11 is 7.16. The zero-order valence-corrected chi connectivity index (χ0v) is 12.0. The fourth-order valence-electron chi connectivity index (χ4n) is 1.88. The van der Waals surface area contributed by atoms with E-state index in [0.717, 1.165) is 5.56 Å². The second kappa shape index (κ2) is 4.66. The number of ether oxygens (including phenoxy) is 1. The van der Waals surface area contributed by atoms with Crippen molar-refractivity contribution in [2.24, 2.45) is 0 Å². The summed E-state index contributed by atoms with van der Waals surface area (Å²) in [6.07, 6.45) is 2.19. The van der Waals surface area contributed by atoms with E-state index in [4.69, 9.17) is 16.3 Å². The summed E-state index contributed by atoms with van der Waals surface area (Å²) in [7, 11) is -3.74. The molecule has 0 spiro atoms. The molecule has 1 N–H and O–H groups in total. The number of aromatic nitrogens is 1. The number of nitrogens with one attached hydrogen (secondary N) is 1. The number of nitrogens with zero attached hydrogens (tertiary/aromatic N) is 1. The molecule has 2 heterocycles. The molecule has 5 nitrogen and oxygen atoms in total. The summed E-state index contributed by atoms with van der Waals surface area (Å²) in [5.41, 5.74) is 0.812. The zero-order valence-electron chi connectivity index (χ0n) is 9.59. The van der Waals surface area contributed by atoms with Gasteiger partial charge in [0.2, 0.25) is 0 Å². The Morgan fingerprint density at radius 3 is 3.00 bits per heavy atom. The highest BCUT2D eigenvalue weighted by molar-refractivity contribution is 7.93. The van der Waals surface area contributed by atoms with Crippen LogP contribution in [0.2, 0.25) is 5.02 Å². The molecule has 19 heavy (non-hydrogen) atoms. The Labute approximate surface area is 119 Å². The van der Waals surface area contributed by atoms with E-state index in [1.54, 1.807) is 11.4 Å². The molecule has 2 aromatic rings. The monoisotopic (exact) mass is 316 g/mol. The molecule has 0 amide bonds. The highest BCUT2D eigenvalue weighted by Gasteiger charge is 2.26. The lowest BCUT2D eigenvalue weighted by Gasteiger charge is -2.10. The SMILES string of the molecule is O=S(=O)(Nc1nccs1)c1cc(Cl)cc2c1OCC2. The van der Waals surface area contributed by atoms with Crippen molar-refractivity contribution in [3.8, 4) is 5.75 Å². The standard InChI is InChI=1S/C11H9ClN2O3S2/c12-8-5-7-1-3-17-10(7)9(6-8)19(15,16)14-11-13-2-4-18-11/h2,4-6H,1,3H2,(H,13,14). The van der Waals surface area contributed by atoms with E-state index in [2.05, 4.69) is 9.71 Å². The maximum atomic E-state index is 12.3. The number of anilines is 1. The summed E-state index contributed by atoms with van der Waals surface area (Å²) < 4.78 is 32.5. The number of sulfonamides is 1. The second-order valence-corrected chi connectivity index (χ2v) is 6.92.